The molecule has 0 saturated carbocycles. The van der Waals surface area contributed by atoms with Crippen LogP contribution in [0.3, 0.4) is 0 Å². The molecule has 150 valence electrons. The lowest BCUT2D eigenvalue weighted by Gasteiger charge is -2.18. The van der Waals surface area contributed by atoms with Crippen molar-refractivity contribution in [2.24, 2.45) is 5.92 Å². The smallest absolute Gasteiger partial charge is 0.342 e. The zero-order valence-corrected chi connectivity index (χ0v) is 16.5. The Balaban J connectivity index is 2.05. The second-order valence-corrected chi connectivity index (χ2v) is 6.75. The number of ether oxygens (including phenoxy) is 3. The van der Waals surface area contributed by atoms with Crippen LogP contribution in [-0.2, 0) is 19.1 Å². The summed E-state index contributed by atoms with van der Waals surface area (Å²) in [5.74, 6) is -1.27. The Kier molecular flexibility index (Phi) is 7.37. The molecule has 0 aliphatic rings. The number of carbonyl (C=O) groups excluding carboxylic acids is 3. The molecule has 1 N–H and O–H groups in total. The van der Waals surface area contributed by atoms with Crippen molar-refractivity contribution in [3.63, 3.8) is 0 Å². The maximum absolute atomic E-state index is 12.5. The minimum Gasteiger partial charge on any atom is -0.496 e. The zero-order chi connectivity index (χ0) is 20.7. The molecule has 0 bridgehead atoms. The van der Waals surface area contributed by atoms with Crippen molar-refractivity contribution < 1.29 is 28.6 Å². The van der Waals surface area contributed by atoms with Gasteiger partial charge in [0.2, 0.25) is 0 Å². The quantitative estimate of drug-likeness (QED) is 0.701. The van der Waals surface area contributed by atoms with E-state index in [1.54, 1.807) is 12.1 Å². The van der Waals surface area contributed by atoms with Crippen molar-refractivity contribution in [2.75, 3.05) is 20.8 Å². The third kappa shape index (κ3) is 5.45. The lowest BCUT2D eigenvalue weighted by molar-refractivity contribution is -0.145. The fraction of sp³-hybridized carbons (Fsp3) is 0.381. The van der Waals surface area contributed by atoms with E-state index in [4.69, 9.17) is 14.2 Å². The molecule has 0 aliphatic carbocycles. The van der Waals surface area contributed by atoms with Crippen LogP contribution in [0.25, 0.3) is 10.8 Å². The summed E-state index contributed by atoms with van der Waals surface area (Å²) in [6.07, 6.45) is 0.421. The van der Waals surface area contributed by atoms with Gasteiger partial charge in [-0.05, 0) is 35.2 Å². The van der Waals surface area contributed by atoms with Crippen LogP contribution in [-0.4, -0.2) is 44.7 Å². The molecule has 2 aromatic carbocycles. The maximum Gasteiger partial charge on any atom is 0.342 e. The largest absolute Gasteiger partial charge is 0.496 e. The topological polar surface area (TPSA) is 90.9 Å². The van der Waals surface area contributed by atoms with Crippen LogP contribution in [0.15, 0.2) is 36.4 Å². The molecule has 28 heavy (non-hydrogen) atoms. The van der Waals surface area contributed by atoms with Gasteiger partial charge in [-0.3, -0.25) is 4.79 Å². The Hall–Kier alpha value is -3.09. The third-order valence-corrected chi connectivity index (χ3v) is 4.15. The fourth-order valence-corrected chi connectivity index (χ4v) is 2.82. The van der Waals surface area contributed by atoms with E-state index >= 15 is 0 Å². The van der Waals surface area contributed by atoms with Crippen molar-refractivity contribution in [3.05, 3.63) is 42.0 Å². The lowest BCUT2D eigenvalue weighted by atomic mass is 10.0. The summed E-state index contributed by atoms with van der Waals surface area (Å²) >= 11 is 0. The number of amides is 1. The SMILES string of the molecule is COC(=O)[C@H](CC(C)C)NC(=O)COC(=O)c1cc2ccccc2cc1OC. The molecule has 0 spiro atoms. The molecule has 0 radical (unpaired) electrons. The normalized spacial score (nSPS) is 11.8. The van der Waals surface area contributed by atoms with E-state index in [0.717, 1.165) is 10.8 Å². The van der Waals surface area contributed by atoms with Gasteiger partial charge in [-0.15, -0.1) is 0 Å². The number of rotatable bonds is 8. The molecule has 0 heterocycles. The van der Waals surface area contributed by atoms with Crippen LogP contribution < -0.4 is 10.1 Å². The molecule has 2 aromatic rings. The number of fused-ring (bicyclic) bond motifs is 1. The molecule has 0 fully saturated rings. The molecular weight excluding hydrogens is 362 g/mol. The predicted octanol–water partition coefficient (Wildman–Crippen LogP) is 2.71. The average Bonchev–Trinajstić information content (AvgIpc) is 2.69. The van der Waals surface area contributed by atoms with Gasteiger partial charge in [0.05, 0.1) is 14.2 Å². The van der Waals surface area contributed by atoms with Crippen molar-refractivity contribution >= 4 is 28.6 Å². The summed E-state index contributed by atoms with van der Waals surface area (Å²) in [6.45, 7) is 3.34. The summed E-state index contributed by atoms with van der Waals surface area (Å²) in [5.41, 5.74) is 0.223. The van der Waals surface area contributed by atoms with Crippen molar-refractivity contribution in [1.82, 2.24) is 5.32 Å². The highest BCUT2D eigenvalue weighted by atomic mass is 16.5. The van der Waals surface area contributed by atoms with E-state index in [1.807, 2.05) is 38.1 Å². The van der Waals surface area contributed by atoms with Gasteiger partial charge >= 0.3 is 11.9 Å². The highest BCUT2D eigenvalue weighted by Gasteiger charge is 2.23. The van der Waals surface area contributed by atoms with Crippen LogP contribution in [0.5, 0.6) is 5.75 Å². The summed E-state index contributed by atoms with van der Waals surface area (Å²) in [5, 5.41) is 4.31. The van der Waals surface area contributed by atoms with Gasteiger partial charge in [-0.1, -0.05) is 38.1 Å². The van der Waals surface area contributed by atoms with E-state index in [-0.39, 0.29) is 11.5 Å². The van der Waals surface area contributed by atoms with Crippen molar-refractivity contribution in [3.8, 4) is 5.75 Å². The number of hydrogen-bond acceptors (Lipinski definition) is 6. The van der Waals surface area contributed by atoms with E-state index in [9.17, 15) is 14.4 Å². The molecule has 0 aliphatic heterocycles. The van der Waals surface area contributed by atoms with E-state index in [0.29, 0.717) is 12.2 Å². The summed E-state index contributed by atoms with van der Waals surface area (Å²) < 4.78 is 15.1. The van der Waals surface area contributed by atoms with E-state index in [1.165, 1.54) is 14.2 Å². The van der Waals surface area contributed by atoms with Crippen LogP contribution in [0, 0.1) is 5.92 Å². The zero-order valence-electron chi connectivity index (χ0n) is 16.5. The Morgan fingerprint density at radius 1 is 1.04 bits per heavy atom. The van der Waals surface area contributed by atoms with Gasteiger partial charge in [-0.25, -0.2) is 9.59 Å². The first-order valence-corrected chi connectivity index (χ1v) is 8.96. The van der Waals surface area contributed by atoms with Crippen LogP contribution in [0.4, 0.5) is 0 Å². The number of nitrogens with one attached hydrogen (secondary N) is 1. The first-order chi connectivity index (χ1) is 13.3. The Morgan fingerprint density at radius 2 is 1.68 bits per heavy atom. The fourth-order valence-electron chi connectivity index (χ4n) is 2.82. The second kappa shape index (κ2) is 9.73. The van der Waals surface area contributed by atoms with Gasteiger partial charge < -0.3 is 19.5 Å². The highest BCUT2D eigenvalue weighted by Crippen LogP contribution is 2.26. The Labute approximate surface area is 164 Å². The van der Waals surface area contributed by atoms with Gasteiger partial charge in [0, 0.05) is 0 Å². The molecule has 1 amide bonds. The monoisotopic (exact) mass is 387 g/mol. The third-order valence-electron chi connectivity index (χ3n) is 4.15. The van der Waals surface area contributed by atoms with Gasteiger partial charge in [0.25, 0.3) is 5.91 Å². The molecule has 7 nitrogen and oxygen atoms in total. The van der Waals surface area contributed by atoms with Crippen LogP contribution >= 0.6 is 0 Å². The number of hydrogen-bond donors (Lipinski definition) is 1. The summed E-state index contributed by atoms with van der Waals surface area (Å²) in [4.78, 5) is 36.4. The first-order valence-electron chi connectivity index (χ1n) is 8.96. The van der Waals surface area contributed by atoms with Crippen LogP contribution in [0.1, 0.15) is 30.6 Å². The van der Waals surface area contributed by atoms with Crippen molar-refractivity contribution in [1.29, 1.82) is 0 Å². The number of carbonyl (C=O) groups is 3. The maximum atomic E-state index is 12.5. The highest BCUT2D eigenvalue weighted by molar-refractivity contribution is 5.99. The number of esters is 2. The molecule has 0 unspecified atom stereocenters. The Morgan fingerprint density at radius 3 is 2.25 bits per heavy atom. The minimum absolute atomic E-state index is 0.175. The minimum atomic E-state index is -0.786. The standard InChI is InChI=1S/C21H25NO6/c1-13(2)9-17(21(25)27-4)22-19(23)12-28-20(24)16-10-14-7-5-6-8-15(14)11-18(16)26-3/h5-8,10-11,13,17H,9,12H2,1-4H3,(H,22,23)/t17-/m0/s1. The summed E-state index contributed by atoms with van der Waals surface area (Å²) in [7, 11) is 2.72. The van der Waals surface area contributed by atoms with E-state index in [2.05, 4.69) is 5.32 Å². The predicted molar refractivity (Wildman–Crippen MR) is 104 cm³/mol. The summed E-state index contributed by atoms with van der Waals surface area (Å²) in [6, 6.07) is 10.1. The van der Waals surface area contributed by atoms with Gasteiger partial charge in [-0.2, -0.15) is 0 Å². The molecular formula is C21H25NO6. The van der Waals surface area contributed by atoms with Crippen LogP contribution in [0.2, 0.25) is 0 Å². The van der Waals surface area contributed by atoms with Gasteiger partial charge in [0.15, 0.2) is 6.61 Å². The lowest BCUT2D eigenvalue weighted by Crippen LogP contribution is -2.44. The molecule has 2 rings (SSSR count). The molecule has 1 atom stereocenters. The van der Waals surface area contributed by atoms with E-state index < -0.39 is 30.5 Å². The van der Waals surface area contributed by atoms with Crippen molar-refractivity contribution in [2.45, 2.75) is 26.3 Å². The molecule has 0 aromatic heterocycles. The molecule has 7 heteroatoms. The number of benzene rings is 2. The molecule has 0 saturated heterocycles. The Bertz CT molecular complexity index is 861. The van der Waals surface area contributed by atoms with Gasteiger partial charge in [0.1, 0.15) is 17.4 Å². The number of methoxy groups -OCH3 is 2. The first kappa shape index (κ1) is 21.2. The second-order valence-electron chi connectivity index (χ2n) is 6.75. The average molecular weight is 387 g/mol.